The Kier molecular flexibility index (Phi) is 4.12. The molecule has 0 bridgehead atoms. The lowest BCUT2D eigenvalue weighted by Crippen LogP contribution is -2.03. The van der Waals surface area contributed by atoms with Crippen LogP contribution in [0.5, 0.6) is 0 Å². The average Bonchev–Trinajstić information content (AvgIpc) is 2.83. The molecule has 0 saturated carbocycles. The molecule has 0 spiro atoms. The van der Waals surface area contributed by atoms with Gasteiger partial charge in [0.2, 0.25) is 0 Å². The van der Waals surface area contributed by atoms with Crippen LogP contribution in [-0.4, -0.2) is 0 Å². The molecule has 2 aromatic carbocycles. The van der Waals surface area contributed by atoms with Crippen LogP contribution in [0.2, 0.25) is 0 Å². The van der Waals surface area contributed by atoms with E-state index in [1.54, 1.807) is 16.7 Å². The minimum atomic E-state index is 0.572. The van der Waals surface area contributed by atoms with Gasteiger partial charge >= 0.3 is 0 Å². The van der Waals surface area contributed by atoms with E-state index in [1.165, 1.54) is 17.5 Å². The van der Waals surface area contributed by atoms with E-state index in [1.807, 2.05) is 0 Å². The van der Waals surface area contributed by atoms with Crippen LogP contribution >= 0.6 is 0 Å². The molecule has 0 saturated heterocycles. The first kappa shape index (κ1) is 15.3. The molecule has 0 fully saturated rings. The molecule has 116 valence electrons. The van der Waals surface area contributed by atoms with Gasteiger partial charge in [0.15, 0.2) is 0 Å². The second kappa shape index (κ2) is 5.91. The smallest absolute Gasteiger partial charge is 0.0101 e. The van der Waals surface area contributed by atoms with Gasteiger partial charge < -0.3 is 0 Å². The molecule has 1 aliphatic carbocycles. The molecular formula is C22H28. The number of hydrogen-bond donors (Lipinski definition) is 0. The zero-order valence-corrected chi connectivity index (χ0v) is 14.6. The molecule has 0 N–H and O–H groups in total. The summed E-state index contributed by atoms with van der Waals surface area (Å²) in [5.41, 5.74) is 7.67. The standard InChI is InChI=1S/C22H28/c1-14(2)17-10-11-19-16(5)12-21(22(19)13-17)20-9-7-6-8-18(20)15(3)4/h6-11,13-16,21H,12H2,1-5H3. The lowest BCUT2D eigenvalue weighted by Gasteiger charge is -2.20. The maximum absolute atomic E-state index is 2.48. The van der Waals surface area contributed by atoms with Gasteiger partial charge in [-0.1, -0.05) is 77.1 Å². The Morgan fingerprint density at radius 2 is 1.55 bits per heavy atom. The van der Waals surface area contributed by atoms with Gasteiger partial charge in [0.1, 0.15) is 0 Å². The van der Waals surface area contributed by atoms with Gasteiger partial charge in [-0.15, -0.1) is 0 Å². The van der Waals surface area contributed by atoms with Gasteiger partial charge in [-0.3, -0.25) is 0 Å². The lowest BCUT2D eigenvalue weighted by molar-refractivity contribution is 0.675. The highest BCUT2D eigenvalue weighted by Gasteiger charge is 2.31. The van der Waals surface area contributed by atoms with E-state index >= 15 is 0 Å². The summed E-state index contributed by atoms with van der Waals surface area (Å²) >= 11 is 0. The van der Waals surface area contributed by atoms with Crippen molar-refractivity contribution >= 4 is 0 Å². The first-order valence-corrected chi connectivity index (χ1v) is 8.71. The van der Waals surface area contributed by atoms with Crippen molar-refractivity contribution < 1.29 is 0 Å². The summed E-state index contributed by atoms with van der Waals surface area (Å²) < 4.78 is 0. The largest absolute Gasteiger partial charge is 0.0620 e. The van der Waals surface area contributed by atoms with Crippen LogP contribution in [0.4, 0.5) is 0 Å². The monoisotopic (exact) mass is 292 g/mol. The Labute approximate surface area is 135 Å². The van der Waals surface area contributed by atoms with E-state index < -0.39 is 0 Å². The fourth-order valence-corrected chi connectivity index (χ4v) is 3.96. The molecular weight excluding hydrogens is 264 g/mol. The summed E-state index contributed by atoms with van der Waals surface area (Å²) in [7, 11) is 0. The van der Waals surface area contributed by atoms with E-state index in [0.717, 1.165) is 0 Å². The van der Waals surface area contributed by atoms with Crippen molar-refractivity contribution in [1.29, 1.82) is 0 Å². The van der Waals surface area contributed by atoms with Crippen molar-refractivity contribution in [1.82, 2.24) is 0 Å². The first-order chi connectivity index (χ1) is 10.5. The van der Waals surface area contributed by atoms with Crippen molar-refractivity contribution in [3.05, 3.63) is 70.3 Å². The molecule has 1 aliphatic rings. The topological polar surface area (TPSA) is 0 Å². The van der Waals surface area contributed by atoms with E-state index in [2.05, 4.69) is 77.1 Å². The Bertz CT molecular complexity index is 663. The number of hydrogen-bond acceptors (Lipinski definition) is 0. The minimum absolute atomic E-state index is 0.572. The highest BCUT2D eigenvalue weighted by Crippen LogP contribution is 2.47. The average molecular weight is 292 g/mol. The summed E-state index contributed by atoms with van der Waals surface area (Å²) in [6.45, 7) is 11.6. The van der Waals surface area contributed by atoms with E-state index in [4.69, 9.17) is 0 Å². The molecule has 2 aromatic rings. The van der Waals surface area contributed by atoms with Crippen LogP contribution < -0.4 is 0 Å². The summed E-state index contributed by atoms with van der Waals surface area (Å²) in [6.07, 6.45) is 1.25. The molecule has 0 aliphatic heterocycles. The summed E-state index contributed by atoms with van der Waals surface area (Å²) in [5, 5.41) is 0. The normalized spacial score (nSPS) is 20.7. The van der Waals surface area contributed by atoms with Crippen LogP contribution in [0.25, 0.3) is 0 Å². The Morgan fingerprint density at radius 1 is 0.818 bits per heavy atom. The highest BCUT2D eigenvalue weighted by atomic mass is 14.3. The third-order valence-electron chi connectivity index (χ3n) is 5.27. The number of fused-ring (bicyclic) bond motifs is 1. The zero-order chi connectivity index (χ0) is 15.9. The van der Waals surface area contributed by atoms with Crippen LogP contribution in [-0.2, 0) is 0 Å². The van der Waals surface area contributed by atoms with Gasteiger partial charge in [0.05, 0.1) is 0 Å². The van der Waals surface area contributed by atoms with Crippen LogP contribution in [0.3, 0.4) is 0 Å². The Balaban J connectivity index is 2.11. The van der Waals surface area contributed by atoms with Crippen molar-refractivity contribution in [2.75, 3.05) is 0 Å². The van der Waals surface area contributed by atoms with Crippen molar-refractivity contribution in [2.45, 2.75) is 64.7 Å². The SMILES string of the molecule is CC(C)c1ccc2c(c1)C(c1ccccc1C(C)C)CC2C. The van der Waals surface area contributed by atoms with Gasteiger partial charge in [0.25, 0.3) is 0 Å². The van der Waals surface area contributed by atoms with Gasteiger partial charge in [-0.25, -0.2) is 0 Å². The predicted octanol–water partition coefficient (Wildman–Crippen LogP) is 6.57. The Hall–Kier alpha value is -1.56. The minimum Gasteiger partial charge on any atom is -0.0620 e. The summed E-state index contributed by atoms with van der Waals surface area (Å²) in [5.74, 6) is 2.43. The van der Waals surface area contributed by atoms with E-state index in [0.29, 0.717) is 23.7 Å². The van der Waals surface area contributed by atoms with Gasteiger partial charge in [0, 0.05) is 5.92 Å². The van der Waals surface area contributed by atoms with E-state index in [-0.39, 0.29) is 0 Å². The first-order valence-electron chi connectivity index (χ1n) is 8.71. The predicted molar refractivity (Wildman–Crippen MR) is 95.9 cm³/mol. The second-order valence-corrected chi connectivity index (χ2v) is 7.52. The second-order valence-electron chi connectivity index (χ2n) is 7.52. The quantitative estimate of drug-likeness (QED) is 0.600. The van der Waals surface area contributed by atoms with Crippen molar-refractivity contribution in [3.63, 3.8) is 0 Å². The highest BCUT2D eigenvalue weighted by molar-refractivity contribution is 5.49. The molecule has 0 nitrogen and oxygen atoms in total. The fourth-order valence-electron chi connectivity index (χ4n) is 3.96. The molecule has 0 amide bonds. The lowest BCUT2D eigenvalue weighted by atomic mass is 9.84. The summed E-state index contributed by atoms with van der Waals surface area (Å²) in [6, 6.07) is 16.2. The fraction of sp³-hybridized carbons (Fsp3) is 0.455. The maximum Gasteiger partial charge on any atom is 0.0101 e. The number of rotatable bonds is 3. The number of benzene rings is 2. The van der Waals surface area contributed by atoms with Crippen LogP contribution in [0.1, 0.15) is 92.5 Å². The molecule has 0 heterocycles. The third-order valence-corrected chi connectivity index (χ3v) is 5.27. The summed E-state index contributed by atoms with van der Waals surface area (Å²) in [4.78, 5) is 0. The molecule has 0 radical (unpaired) electrons. The molecule has 3 rings (SSSR count). The molecule has 0 heteroatoms. The molecule has 0 aromatic heterocycles. The molecule has 2 atom stereocenters. The molecule has 2 unspecified atom stereocenters. The van der Waals surface area contributed by atoms with E-state index in [9.17, 15) is 0 Å². The van der Waals surface area contributed by atoms with Crippen LogP contribution in [0, 0.1) is 0 Å². The van der Waals surface area contributed by atoms with Crippen molar-refractivity contribution in [2.24, 2.45) is 0 Å². The van der Waals surface area contributed by atoms with Crippen LogP contribution in [0.15, 0.2) is 42.5 Å². The van der Waals surface area contributed by atoms with Gasteiger partial charge in [-0.05, 0) is 52.0 Å². The van der Waals surface area contributed by atoms with Crippen molar-refractivity contribution in [3.8, 4) is 0 Å². The zero-order valence-electron chi connectivity index (χ0n) is 14.6. The molecule has 22 heavy (non-hydrogen) atoms. The third kappa shape index (κ3) is 2.60. The maximum atomic E-state index is 2.48. The Morgan fingerprint density at radius 3 is 2.23 bits per heavy atom. The van der Waals surface area contributed by atoms with Gasteiger partial charge in [-0.2, -0.15) is 0 Å².